The zero-order valence-electron chi connectivity index (χ0n) is 10.5. The highest BCUT2D eigenvalue weighted by atomic mass is 19.3. The number of halogens is 4. The number of benzene rings is 1. The summed E-state index contributed by atoms with van der Waals surface area (Å²) in [4.78, 5) is 10.2. The summed E-state index contributed by atoms with van der Waals surface area (Å²) in [5.74, 6) is -4.26. The average Bonchev–Trinajstić information content (AvgIpc) is 2.36. The Kier molecular flexibility index (Phi) is 5.12. The molecule has 0 aromatic heterocycles. The fourth-order valence-corrected chi connectivity index (χ4v) is 1.51. The molecule has 0 spiro atoms. The van der Waals surface area contributed by atoms with Crippen LogP contribution in [0.3, 0.4) is 0 Å². The SMILES string of the molecule is CCNc1cccc(NCC(F)(F)C(F)F)c1[N+](=O)[O-]. The van der Waals surface area contributed by atoms with Crippen molar-refractivity contribution >= 4 is 17.1 Å². The maximum atomic E-state index is 12.8. The lowest BCUT2D eigenvalue weighted by Crippen LogP contribution is -2.35. The quantitative estimate of drug-likeness (QED) is 0.460. The molecule has 0 atom stereocenters. The number of hydrogen-bond acceptors (Lipinski definition) is 4. The van der Waals surface area contributed by atoms with Crippen LogP contribution in [0, 0.1) is 10.1 Å². The first-order chi connectivity index (χ1) is 9.29. The predicted octanol–water partition coefficient (Wildman–Crippen LogP) is 3.34. The molecule has 1 aromatic carbocycles. The third kappa shape index (κ3) is 3.72. The van der Waals surface area contributed by atoms with Crippen molar-refractivity contribution in [3.8, 4) is 0 Å². The highest BCUT2D eigenvalue weighted by Gasteiger charge is 2.40. The monoisotopic (exact) mass is 295 g/mol. The number of nitro benzene ring substituents is 1. The lowest BCUT2D eigenvalue weighted by atomic mass is 10.2. The second-order valence-electron chi connectivity index (χ2n) is 3.90. The van der Waals surface area contributed by atoms with E-state index in [1.807, 2.05) is 5.32 Å². The molecule has 0 aliphatic carbocycles. The number of nitrogens with zero attached hydrogens (tertiary/aromatic N) is 1. The molecular weight excluding hydrogens is 282 g/mol. The van der Waals surface area contributed by atoms with E-state index >= 15 is 0 Å². The minimum atomic E-state index is -4.26. The van der Waals surface area contributed by atoms with Gasteiger partial charge in [-0.15, -0.1) is 0 Å². The molecule has 0 fully saturated rings. The Bertz CT molecular complexity index is 483. The van der Waals surface area contributed by atoms with Crippen LogP contribution in [0.2, 0.25) is 0 Å². The van der Waals surface area contributed by atoms with Gasteiger partial charge >= 0.3 is 18.0 Å². The van der Waals surface area contributed by atoms with Crippen molar-refractivity contribution in [3.05, 3.63) is 28.3 Å². The molecule has 0 aliphatic rings. The Balaban J connectivity index is 3.00. The van der Waals surface area contributed by atoms with Gasteiger partial charge in [0.1, 0.15) is 11.4 Å². The molecular formula is C11H13F4N3O2. The molecule has 2 N–H and O–H groups in total. The van der Waals surface area contributed by atoms with Crippen molar-refractivity contribution in [1.29, 1.82) is 0 Å². The minimum Gasteiger partial charge on any atom is -0.380 e. The summed E-state index contributed by atoms with van der Waals surface area (Å²) in [6, 6.07) is 3.98. The second-order valence-corrected chi connectivity index (χ2v) is 3.90. The number of para-hydroxylation sites is 1. The van der Waals surface area contributed by atoms with Gasteiger partial charge in [0.05, 0.1) is 11.5 Å². The van der Waals surface area contributed by atoms with E-state index in [9.17, 15) is 27.7 Å². The Labute approximate surface area is 112 Å². The number of alkyl halides is 4. The number of nitro groups is 1. The largest absolute Gasteiger partial charge is 0.380 e. The fraction of sp³-hybridized carbons (Fsp3) is 0.455. The van der Waals surface area contributed by atoms with Crippen molar-refractivity contribution in [1.82, 2.24) is 0 Å². The van der Waals surface area contributed by atoms with Crippen LogP contribution in [0.4, 0.5) is 34.6 Å². The standard InChI is InChI=1S/C11H13F4N3O2/c1-2-16-7-4-3-5-8(9(7)18(19)20)17-6-11(14,15)10(12)13/h3-5,10,16-17H,2,6H2,1H3. The molecule has 9 heteroatoms. The number of anilines is 2. The van der Waals surface area contributed by atoms with Crippen molar-refractivity contribution in [3.63, 3.8) is 0 Å². The lowest BCUT2D eigenvalue weighted by molar-refractivity contribution is -0.383. The van der Waals surface area contributed by atoms with E-state index in [1.54, 1.807) is 6.92 Å². The van der Waals surface area contributed by atoms with Gasteiger partial charge in [0.25, 0.3) is 0 Å². The summed E-state index contributed by atoms with van der Waals surface area (Å²) in [5.41, 5.74) is -0.573. The minimum absolute atomic E-state index is 0.128. The number of hydrogen-bond donors (Lipinski definition) is 2. The molecule has 5 nitrogen and oxygen atoms in total. The number of nitrogens with one attached hydrogen (secondary N) is 2. The Morgan fingerprint density at radius 2 is 1.85 bits per heavy atom. The lowest BCUT2D eigenvalue weighted by Gasteiger charge is -2.17. The zero-order chi connectivity index (χ0) is 15.3. The van der Waals surface area contributed by atoms with Gasteiger partial charge < -0.3 is 10.6 Å². The van der Waals surface area contributed by atoms with Gasteiger partial charge in [0, 0.05) is 6.54 Å². The van der Waals surface area contributed by atoms with Crippen LogP contribution in [0.5, 0.6) is 0 Å². The molecule has 0 saturated carbocycles. The van der Waals surface area contributed by atoms with Crippen LogP contribution in [-0.4, -0.2) is 30.4 Å². The zero-order valence-corrected chi connectivity index (χ0v) is 10.5. The van der Waals surface area contributed by atoms with Gasteiger partial charge in [-0.2, -0.15) is 8.78 Å². The van der Waals surface area contributed by atoms with Gasteiger partial charge in [-0.25, -0.2) is 8.78 Å². The van der Waals surface area contributed by atoms with Crippen molar-refractivity contribution in [2.75, 3.05) is 23.7 Å². The van der Waals surface area contributed by atoms with Crippen molar-refractivity contribution in [2.45, 2.75) is 19.3 Å². The Hall–Kier alpha value is -2.06. The van der Waals surface area contributed by atoms with E-state index in [-0.39, 0.29) is 11.4 Å². The highest BCUT2D eigenvalue weighted by molar-refractivity contribution is 5.76. The van der Waals surface area contributed by atoms with E-state index in [0.717, 1.165) is 0 Å². The van der Waals surface area contributed by atoms with Crippen LogP contribution in [0.25, 0.3) is 0 Å². The smallest absolute Gasteiger partial charge is 0.324 e. The number of rotatable bonds is 7. The molecule has 0 unspecified atom stereocenters. The second kappa shape index (κ2) is 6.40. The maximum absolute atomic E-state index is 12.8. The average molecular weight is 295 g/mol. The Morgan fingerprint density at radius 3 is 2.30 bits per heavy atom. The van der Waals surface area contributed by atoms with Crippen LogP contribution < -0.4 is 10.6 Å². The maximum Gasteiger partial charge on any atom is 0.324 e. The molecule has 0 bridgehead atoms. The molecule has 0 heterocycles. The fourth-order valence-electron chi connectivity index (χ4n) is 1.51. The van der Waals surface area contributed by atoms with E-state index in [2.05, 4.69) is 5.32 Å². The molecule has 0 saturated heterocycles. The third-order valence-electron chi connectivity index (χ3n) is 2.42. The predicted molar refractivity (Wildman–Crippen MR) is 66.7 cm³/mol. The van der Waals surface area contributed by atoms with Gasteiger partial charge in [0.2, 0.25) is 0 Å². The van der Waals surface area contributed by atoms with Crippen molar-refractivity contribution in [2.24, 2.45) is 0 Å². The molecule has 112 valence electrons. The highest BCUT2D eigenvalue weighted by Crippen LogP contribution is 2.33. The van der Waals surface area contributed by atoms with Gasteiger partial charge in [0.15, 0.2) is 0 Å². The topological polar surface area (TPSA) is 67.2 Å². The molecule has 20 heavy (non-hydrogen) atoms. The van der Waals surface area contributed by atoms with Crippen LogP contribution in [-0.2, 0) is 0 Å². The molecule has 1 aromatic rings. The van der Waals surface area contributed by atoms with Crippen LogP contribution >= 0.6 is 0 Å². The van der Waals surface area contributed by atoms with Crippen molar-refractivity contribution < 1.29 is 22.5 Å². The summed E-state index contributed by atoms with van der Waals surface area (Å²) >= 11 is 0. The van der Waals surface area contributed by atoms with E-state index < -0.39 is 29.5 Å². The van der Waals surface area contributed by atoms with Gasteiger partial charge in [-0.1, -0.05) is 6.07 Å². The summed E-state index contributed by atoms with van der Waals surface area (Å²) in [5, 5.41) is 15.7. The van der Waals surface area contributed by atoms with Gasteiger partial charge in [-0.05, 0) is 19.1 Å². The summed E-state index contributed by atoms with van der Waals surface area (Å²) in [6.07, 6.45) is -3.84. The van der Waals surface area contributed by atoms with Crippen LogP contribution in [0.1, 0.15) is 6.92 Å². The summed E-state index contributed by atoms with van der Waals surface area (Å²) < 4.78 is 49.7. The molecule has 0 amide bonds. The normalized spacial score (nSPS) is 11.5. The molecule has 1 rings (SSSR count). The summed E-state index contributed by atoms with van der Waals surface area (Å²) in [7, 11) is 0. The first kappa shape index (κ1) is 16.0. The summed E-state index contributed by atoms with van der Waals surface area (Å²) in [6.45, 7) is 0.702. The van der Waals surface area contributed by atoms with Gasteiger partial charge in [-0.3, -0.25) is 10.1 Å². The first-order valence-corrected chi connectivity index (χ1v) is 5.70. The third-order valence-corrected chi connectivity index (χ3v) is 2.42. The first-order valence-electron chi connectivity index (χ1n) is 5.70. The van der Waals surface area contributed by atoms with E-state index in [0.29, 0.717) is 6.54 Å². The van der Waals surface area contributed by atoms with E-state index in [4.69, 9.17) is 0 Å². The van der Waals surface area contributed by atoms with E-state index in [1.165, 1.54) is 18.2 Å². The van der Waals surface area contributed by atoms with Crippen LogP contribution in [0.15, 0.2) is 18.2 Å². The Morgan fingerprint density at radius 1 is 1.30 bits per heavy atom. The molecule has 0 radical (unpaired) electrons. The molecule has 0 aliphatic heterocycles.